The minimum absolute atomic E-state index is 0.240. The third kappa shape index (κ3) is 4.43. The number of esters is 1. The van der Waals surface area contributed by atoms with Crippen molar-refractivity contribution in [1.82, 2.24) is 19.9 Å². The summed E-state index contributed by atoms with van der Waals surface area (Å²) in [6.45, 7) is 1.47. The van der Waals surface area contributed by atoms with Gasteiger partial charge in [-0.1, -0.05) is 36.0 Å². The predicted molar refractivity (Wildman–Crippen MR) is 117 cm³/mol. The van der Waals surface area contributed by atoms with Gasteiger partial charge in [-0.05, 0) is 31.2 Å². The van der Waals surface area contributed by atoms with E-state index in [-0.39, 0.29) is 5.82 Å². The number of carbonyl (C=O) groups is 2. The fraction of sp³-hybridized carbons (Fsp3) is 0.0909. The van der Waals surface area contributed by atoms with Crippen molar-refractivity contribution in [2.75, 3.05) is 5.32 Å². The molecule has 2 N–H and O–H groups in total. The number of aromatic amines is 1. The SMILES string of the molecule is CC(OC(=O)c1ccccc1Sc1ccccc1C#N)C(=O)Nc1ncnc2nc[nH]c12. The van der Waals surface area contributed by atoms with Crippen LogP contribution in [-0.2, 0) is 9.53 Å². The van der Waals surface area contributed by atoms with Gasteiger partial charge in [-0.2, -0.15) is 5.26 Å². The molecule has 2 heterocycles. The third-order valence-corrected chi connectivity index (χ3v) is 5.60. The number of nitriles is 1. The number of fused-ring (bicyclic) bond motifs is 1. The number of H-pyrrole nitrogens is 1. The average Bonchev–Trinajstić information content (AvgIpc) is 3.29. The van der Waals surface area contributed by atoms with Crippen LogP contribution in [0.1, 0.15) is 22.8 Å². The molecule has 0 aliphatic rings. The maximum atomic E-state index is 12.8. The molecule has 9 nitrogen and oxygen atoms in total. The van der Waals surface area contributed by atoms with E-state index in [0.29, 0.717) is 32.1 Å². The number of benzene rings is 2. The summed E-state index contributed by atoms with van der Waals surface area (Å²) in [6.07, 6.45) is 1.64. The van der Waals surface area contributed by atoms with Crippen LogP contribution in [-0.4, -0.2) is 37.9 Å². The van der Waals surface area contributed by atoms with Crippen molar-refractivity contribution < 1.29 is 14.3 Å². The molecule has 4 aromatic rings. The summed E-state index contributed by atoms with van der Waals surface area (Å²) in [7, 11) is 0. The molecule has 158 valence electrons. The van der Waals surface area contributed by atoms with Gasteiger partial charge in [-0.25, -0.2) is 19.7 Å². The summed E-state index contributed by atoms with van der Waals surface area (Å²) in [5, 5.41) is 11.9. The van der Waals surface area contributed by atoms with Crippen LogP contribution >= 0.6 is 11.8 Å². The van der Waals surface area contributed by atoms with Crippen molar-refractivity contribution in [3.05, 3.63) is 72.3 Å². The van der Waals surface area contributed by atoms with Crippen LogP contribution in [0.15, 0.2) is 71.0 Å². The zero-order valence-electron chi connectivity index (χ0n) is 16.8. The van der Waals surface area contributed by atoms with Gasteiger partial charge in [0.15, 0.2) is 17.6 Å². The monoisotopic (exact) mass is 444 g/mol. The van der Waals surface area contributed by atoms with Crippen LogP contribution in [0.5, 0.6) is 0 Å². The van der Waals surface area contributed by atoms with Crippen LogP contribution in [0.3, 0.4) is 0 Å². The lowest BCUT2D eigenvalue weighted by Gasteiger charge is -2.15. The lowest BCUT2D eigenvalue weighted by Crippen LogP contribution is -2.30. The van der Waals surface area contributed by atoms with Crippen molar-refractivity contribution in [3.63, 3.8) is 0 Å². The topological polar surface area (TPSA) is 134 Å². The highest BCUT2D eigenvalue weighted by molar-refractivity contribution is 7.99. The molecule has 10 heteroatoms. The quantitative estimate of drug-likeness (QED) is 0.431. The number of nitrogens with zero attached hydrogens (tertiary/aromatic N) is 4. The number of amides is 1. The minimum Gasteiger partial charge on any atom is -0.449 e. The normalized spacial score (nSPS) is 11.5. The molecule has 2 aromatic heterocycles. The van der Waals surface area contributed by atoms with E-state index in [9.17, 15) is 14.9 Å². The first-order valence-corrected chi connectivity index (χ1v) is 10.3. The molecule has 1 amide bonds. The molecule has 32 heavy (non-hydrogen) atoms. The van der Waals surface area contributed by atoms with Crippen LogP contribution < -0.4 is 5.32 Å². The summed E-state index contributed by atoms with van der Waals surface area (Å²) in [4.78, 5) is 41.6. The summed E-state index contributed by atoms with van der Waals surface area (Å²) >= 11 is 1.28. The van der Waals surface area contributed by atoms with Gasteiger partial charge in [-0.3, -0.25) is 4.79 Å². The Kier molecular flexibility index (Phi) is 6.10. The maximum absolute atomic E-state index is 12.8. The van der Waals surface area contributed by atoms with Gasteiger partial charge in [0.05, 0.1) is 17.5 Å². The van der Waals surface area contributed by atoms with Gasteiger partial charge in [0.1, 0.15) is 17.9 Å². The molecule has 1 unspecified atom stereocenters. The Morgan fingerprint density at radius 2 is 1.84 bits per heavy atom. The van der Waals surface area contributed by atoms with Crippen molar-refractivity contribution >= 4 is 40.6 Å². The smallest absolute Gasteiger partial charge is 0.340 e. The third-order valence-electron chi connectivity index (χ3n) is 4.45. The molecule has 2 aromatic carbocycles. The van der Waals surface area contributed by atoms with E-state index in [1.54, 1.807) is 42.5 Å². The minimum atomic E-state index is -1.08. The highest BCUT2D eigenvalue weighted by Gasteiger charge is 2.22. The molecular formula is C22H16N6O3S. The predicted octanol–water partition coefficient (Wildman–Crippen LogP) is 3.56. The van der Waals surface area contributed by atoms with E-state index in [0.717, 1.165) is 0 Å². The number of hydrogen-bond acceptors (Lipinski definition) is 8. The van der Waals surface area contributed by atoms with E-state index in [2.05, 4.69) is 31.3 Å². The van der Waals surface area contributed by atoms with E-state index in [4.69, 9.17) is 4.74 Å². The van der Waals surface area contributed by atoms with Gasteiger partial charge >= 0.3 is 5.97 Å². The second kappa shape index (κ2) is 9.28. The van der Waals surface area contributed by atoms with E-state index < -0.39 is 18.0 Å². The average molecular weight is 444 g/mol. The Balaban J connectivity index is 1.48. The molecule has 0 aliphatic carbocycles. The van der Waals surface area contributed by atoms with E-state index >= 15 is 0 Å². The Morgan fingerprint density at radius 1 is 1.09 bits per heavy atom. The van der Waals surface area contributed by atoms with Crippen molar-refractivity contribution in [3.8, 4) is 6.07 Å². The number of carbonyl (C=O) groups excluding carboxylic acids is 2. The fourth-order valence-electron chi connectivity index (χ4n) is 2.85. The molecule has 0 bridgehead atoms. The molecule has 0 radical (unpaired) electrons. The van der Waals surface area contributed by atoms with Crippen LogP contribution in [0.25, 0.3) is 11.2 Å². The maximum Gasteiger partial charge on any atom is 0.340 e. The number of hydrogen-bond donors (Lipinski definition) is 2. The van der Waals surface area contributed by atoms with Gasteiger partial charge in [-0.15, -0.1) is 0 Å². The Hall–Kier alpha value is -4.23. The first-order valence-electron chi connectivity index (χ1n) is 9.48. The Labute approximate surface area is 186 Å². The number of anilines is 1. The van der Waals surface area contributed by atoms with Gasteiger partial charge in [0, 0.05) is 9.79 Å². The Bertz CT molecular complexity index is 1350. The number of ether oxygens (including phenoxy) is 1. The van der Waals surface area contributed by atoms with E-state index in [1.165, 1.54) is 31.3 Å². The number of rotatable bonds is 6. The van der Waals surface area contributed by atoms with Crippen molar-refractivity contribution in [2.45, 2.75) is 22.8 Å². The molecule has 0 saturated carbocycles. The molecule has 0 saturated heterocycles. The molecule has 0 spiro atoms. The Morgan fingerprint density at radius 3 is 2.66 bits per heavy atom. The summed E-state index contributed by atoms with van der Waals surface area (Å²) in [5.74, 6) is -0.961. The lowest BCUT2D eigenvalue weighted by molar-refractivity contribution is -0.123. The summed E-state index contributed by atoms with van der Waals surface area (Å²) in [6, 6.07) is 16.1. The molecular weight excluding hydrogens is 428 g/mol. The van der Waals surface area contributed by atoms with Gasteiger partial charge in [0.25, 0.3) is 5.91 Å². The molecule has 4 rings (SSSR count). The first-order chi connectivity index (χ1) is 15.6. The second-order valence-corrected chi connectivity index (χ2v) is 7.65. The molecule has 1 atom stereocenters. The standard InChI is InChI=1S/C22H16N6O3S/c1-13(21(29)28-20-18-19(25-11-24-18)26-12-27-20)31-22(30)15-7-3-5-9-17(15)32-16-8-4-2-6-14(16)10-23/h2-9,11-13H,1H3,(H2,24,25,26,27,28,29). The number of imidazole rings is 1. The number of aromatic nitrogens is 4. The summed E-state index contributed by atoms with van der Waals surface area (Å²) < 4.78 is 5.40. The van der Waals surface area contributed by atoms with Crippen molar-refractivity contribution in [1.29, 1.82) is 5.26 Å². The first kappa shape index (κ1) is 21.0. The lowest BCUT2D eigenvalue weighted by atomic mass is 10.2. The largest absolute Gasteiger partial charge is 0.449 e. The van der Waals surface area contributed by atoms with Gasteiger partial charge < -0.3 is 15.0 Å². The highest BCUT2D eigenvalue weighted by atomic mass is 32.2. The van der Waals surface area contributed by atoms with E-state index in [1.807, 2.05) is 6.07 Å². The molecule has 0 aliphatic heterocycles. The van der Waals surface area contributed by atoms with Crippen LogP contribution in [0.2, 0.25) is 0 Å². The highest BCUT2D eigenvalue weighted by Crippen LogP contribution is 2.33. The molecule has 0 fully saturated rings. The van der Waals surface area contributed by atoms with Crippen LogP contribution in [0.4, 0.5) is 5.82 Å². The zero-order valence-corrected chi connectivity index (χ0v) is 17.6. The van der Waals surface area contributed by atoms with Crippen molar-refractivity contribution in [2.24, 2.45) is 0 Å². The number of nitrogens with one attached hydrogen (secondary N) is 2. The fourth-order valence-corrected chi connectivity index (χ4v) is 3.86. The second-order valence-electron chi connectivity index (χ2n) is 6.57. The summed E-state index contributed by atoms with van der Waals surface area (Å²) in [5.41, 5.74) is 1.67. The van der Waals surface area contributed by atoms with Crippen LogP contribution in [0, 0.1) is 11.3 Å². The van der Waals surface area contributed by atoms with Gasteiger partial charge in [0.2, 0.25) is 0 Å². The zero-order chi connectivity index (χ0) is 22.5.